The van der Waals surface area contributed by atoms with Gasteiger partial charge in [-0.05, 0) is 35.9 Å². The van der Waals surface area contributed by atoms with Gasteiger partial charge in [0.2, 0.25) is 0 Å². The fourth-order valence-corrected chi connectivity index (χ4v) is 3.48. The normalized spacial score (nSPS) is 10.8. The molecule has 0 aliphatic carbocycles. The molecule has 0 saturated carbocycles. The number of benzene rings is 3. The van der Waals surface area contributed by atoms with Crippen LogP contribution in [-0.2, 0) is 6.61 Å². The predicted octanol–water partition coefficient (Wildman–Crippen LogP) is 5.42. The molecule has 0 spiro atoms. The Morgan fingerprint density at radius 2 is 1.97 bits per heavy atom. The number of terminal acetylenes is 1. The fourth-order valence-electron chi connectivity index (χ4n) is 3.21. The lowest BCUT2D eigenvalue weighted by Crippen LogP contribution is -2.16. The molecule has 0 aliphatic rings. The van der Waals surface area contributed by atoms with Gasteiger partial charge in [-0.1, -0.05) is 53.9 Å². The maximum atomic E-state index is 12.3. The van der Waals surface area contributed by atoms with E-state index >= 15 is 0 Å². The molecule has 4 rings (SSSR count). The molecule has 4 aromatic rings. The predicted molar refractivity (Wildman–Crippen MR) is 128 cm³/mol. The van der Waals surface area contributed by atoms with E-state index in [0.29, 0.717) is 27.7 Å². The highest BCUT2D eigenvalue weighted by molar-refractivity contribution is 6.32. The van der Waals surface area contributed by atoms with Gasteiger partial charge in [0.25, 0.3) is 0 Å². The number of hydrogen-bond acceptors (Lipinski definition) is 5. The van der Waals surface area contributed by atoms with Crippen LogP contribution in [0.1, 0.15) is 27.2 Å². The topological polar surface area (TPSA) is 73.1 Å². The number of hydrogen-bond donors (Lipinski definition) is 1. The Morgan fingerprint density at radius 3 is 2.76 bits per heavy atom. The van der Waals surface area contributed by atoms with Gasteiger partial charge in [-0.3, -0.25) is 4.79 Å². The molecule has 164 valence electrons. The molecule has 0 saturated heterocycles. The molecule has 0 bridgehead atoms. The van der Waals surface area contributed by atoms with Gasteiger partial charge in [-0.15, -0.1) is 6.42 Å². The van der Waals surface area contributed by atoms with Gasteiger partial charge in [-0.25, -0.2) is 5.43 Å². The van der Waals surface area contributed by atoms with Crippen LogP contribution in [0.3, 0.4) is 0 Å². The van der Waals surface area contributed by atoms with E-state index in [1.807, 2.05) is 42.5 Å². The second-order valence-corrected chi connectivity index (χ2v) is 7.38. The molecule has 1 amide bonds. The molecule has 33 heavy (non-hydrogen) atoms. The van der Waals surface area contributed by atoms with Gasteiger partial charge in [0.15, 0.2) is 17.3 Å². The average Bonchev–Trinajstić information content (AvgIpc) is 3.28. The van der Waals surface area contributed by atoms with E-state index in [4.69, 9.17) is 31.9 Å². The highest BCUT2D eigenvalue weighted by Gasteiger charge is 2.14. The lowest BCUT2D eigenvalue weighted by molar-refractivity contribution is 0.0929. The third-order valence-corrected chi connectivity index (χ3v) is 5.11. The SMILES string of the molecule is C#Cc1ccccc1COc1c(Cl)cc(/C=N\NC(=O)c2cc3ccccc3o2)cc1OC. The Labute approximate surface area is 195 Å². The van der Waals surface area contributed by atoms with Crippen LogP contribution in [0.2, 0.25) is 5.02 Å². The second kappa shape index (κ2) is 9.94. The molecular formula is C26H19ClN2O4. The van der Waals surface area contributed by atoms with Gasteiger partial charge in [0.05, 0.1) is 18.3 Å². The maximum absolute atomic E-state index is 12.3. The van der Waals surface area contributed by atoms with Gasteiger partial charge in [0, 0.05) is 16.5 Å². The molecule has 0 unspecified atom stereocenters. The summed E-state index contributed by atoms with van der Waals surface area (Å²) in [6, 6.07) is 19.9. The van der Waals surface area contributed by atoms with Crippen molar-refractivity contribution in [2.45, 2.75) is 6.61 Å². The van der Waals surface area contributed by atoms with Crippen LogP contribution in [0, 0.1) is 12.3 Å². The Kier molecular flexibility index (Phi) is 6.63. The first kappa shape index (κ1) is 22.0. The van der Waals surface area contributed by atoms with E-state index in [-0.39, 0.29) is 12.4 Å². The van der Waals surface area contributed by atoms with Crippen LogP contribution in [-0.4, -0.2) is 19.2 Å². The fraction of sp³-hybridized carbons (Fsp3) is 0.0769. The van der Waals surface area contributed by atoms with Crippen LogP contribution in [0.25, 0.3) is 11.0 Å². The number of ether oxygens (including phenoxy) is 2. The first-order chi connectivity index (χ1) is 16.1. The minimum Gasteiger partial charge on any atom is -0.493 e. The van der Waals surface area contributed by atoms with E-state index in [2.05, 4.69) is 16.4 Å². The molecule has 1 N–H and O–H groups in total. The largest absolute Gasteiger partial charge is 0.493 e. The van der Waals surface area contributed by atoms with E-state index in [1.165, 1.54) is 13.3 Å². The standard InChI is InChI=1S/C26H19ClN2O4/c1-3-18-8-4-5-10-20(18)16-32-25-21(27)12-17(13-23(25)31-2)15-28-29-26(30)24-14-19-9-6-7-11-22(19)33-24/h1,4-15H,16H2,2H3,(H,29,30)/b28-15-. The summed E-state index contributed by atoms with van der Waals surface area (Å²) in [5.41, 5.74) is 5.28. The number of methoxy groups -OCH3 is 1. The average molecular weight is 459 g/mol. The summed E-state index contributed by atoms with van der Waals surface area (Å²) in [5.74, 6) is 3.14. The van der Waals surface area contributed by atoms with Gasteiger partial charge in [0.1, 0.15) is 12.2 Å². The summed E-state index contributed by atoms with van der Waals surface area (Å²) in [6.07, 6.45) is 6.99. The number of nitrogens with zero attached hydrogens (tertiary/aromatic N) is 1. The molecule has 3 aromatic carbocycles. The minimum absolute atomic E-state index is 0.167. The maximum Gasteiger partial charge on any atom is 0.307 e. The van der Waals surface area contributed by atoms with Crippen molar-refractivity contribution in [3.63, 3.8) is 0 Å². The first-order valence-corrected chi connectivity index (χ1v) is 10.3. The molecule has 7 heteroatoms. The monoisotopic (exact) mass is 458 g/mol. The van der Waals surface area contributed by atoms with Gasteiger partial charge in [-0.2, -0.15) is 5.10 Å². The van der Waals surface area contributed by atoms with E-state index in [9.17, 15) is 4.79 Å². The number of para-hydroxylation sites is 1. The second-order valence-electron chi connectivity index (χ2n) is 6.97. The van der Waals surface area contributed by atoms with Crippen LogP contribution >= 0.6 is 11.6 Å². The van der Waals surface area contributed by atoms with Crippen molar-refractivity contribution in [1.82, 2.24) is 5.43 Å². The Morgan fingerprint density at radius 1 is 1.18 bits per heavy atom. The molecule has 0 aliphatic heterocycles. The van der Waals surface area contributed by atoms with Crippen LogP contribution in [0.15, 0.2) is 76.2 Å². The minimum atomic E-state index is -0.465. The summed E-state index contributed by atoms with van der Waals surface area (Å²) in [7, 11) is 1.51. The number of amides is 1. The summed E-state index contributed by atoms with van der Waals surface area (Å²) < 4.78 is 16.8. The highest BCUT2D eigenvalue weighted by atomic mass is 35.5. The van der Waals surface area contributed by atoms with Crippen molar-refractivity contribution in [3.8, 4) is 23.8 Å². The number of hydrazone groups is 1. The molecule has 1 aromatic heterocycles. The molecule has 0 atom stereocenters. The van der Waals surface area contributed by atoms with Crippen LogP contribution in [0.5, 0.6) is 11.5 Å². The third kappa shape index (κ3) is 5.00. The number of fused-ring (bicyclic) bond motifs is 1. The Bertz CT molecular complexity index is 1350. The summed E-state index contributed by atoms with van der Waals surface area (Å²) in [4.78, 5) is 12.3. The first-order valence-electron chi connectivity index (χ1n) is 9.96. The highest BCUT2D eigenvalue weighted by Crippen LogP contribution is 2.36. The van der Waals surface area contributed by atoms with Crippen molar-refractivity contribution in [3.05, 3.63) is 94.2 Å². The van der Waals surface area contributed by atoms with Gasteiger partial charge >= 0.3 is 5.91 Å². The summed E-state index contributed by atoms with van der Waals surface area (Å²) in [6.45, 7) is 0.234. The number of carbonyl (C=O) groups is 1. The van der Waals surface area contributed by atoms with Crippen molar-refractivity contribution in [2.75, 3.05) is 7.11 Å². The number of rotatable bonds is 7. The molecule has 1 heterocycles. The van der Waals surface area contributed by atoms with E-state index in [1.54, 1.807) is 24.3 Å². The summed E-state index contributed by atoms with van der Waals surface area (Å²) in [5, 5.41) is 5.16. The Hall–Kier alpha value is -4.21. The molecule has 0 radical (unpaired) electrons. The lowest BCUT2D eigenvalue weighted by atomic mass is 10.1. The molecular weight excluding hydrogens is 440 g/mol. The smallest absolute Gasteiger partial charge is 0.307 e. The van der Waals surface area contributed by atoms with Crippen molar-refractivity contribution < 1.29 is 18.7 Å². The lowest BCUT2D eigenvalue weighted by Gasteiger charge is -2.14. The number of carbonyl (C=O) groups excluding carboxylic acids is 1. The number of halogens is 1. The van der Waals surface area contributed by atoms with Crippen molar-refractivity contribution >= 4 is 34.7 Å². The zero-order chi connectivity index (χ0) is 23.2. The number of furan rings is 1. The molecule has 0 fully saturated rings. The number of nitrogens with one attached hydrogen (secondary N) is 1. The quantitative estimate of drug-likeness (QED) is 0.228. The van der Waals surface area contributed by atoms with Gasteiger partial charge < -0.3 is 13.9 Å². The molecule has 6 nitrogen and oxygen atoms in total. The van der Waals surface area contributed by atoms with E-state index < -0.39 is 5.91 Å². The Balaban J connectivity index is 1.46. The third-order valence-electron chi connectivity index (χ3n) is 4.83. The van der Waals surface area contributed by atoms with E-state index in [0.717, 1.165) is 16.5 Å². The zero-order valence-electron chi connectivity index (χ0n) is 17.7. The van der Waals surface area contributed by atoms with Crippen molar-refractivity contribution in [1.29, 1.82) is 0 Å². The summed E-state index contributed by atoms with van der Waals surface area (Å²) >= 11 is 6.43. The van der Waals surface area contributed by atoms with Crippen LogP contribution in [0.4, 0.5) is 0 Å². The van der Waals surface area contributed by atoms with Crippen LogP contribution < -0.4 is 14.9 Å². The van der Waals surface area contributed by atoms with Crippen molar-refractivity contribution in [2.24, 2.45) is 5.10 Å². The zero-order valence-corrected chi connectivity index (χ0v) is 18.4.